The molecule has 0 aromatic rings. The van der Waals surface area contributed by atoms with Gasteiger partial charge in [0.25, 0.3) is 0 Å². The number of hydrogen-bond donors (Lipinski definition) is 1. The first kappa shape index (κ1) is 14.1. The predicted octanol–water partition coefficient (Wildman–Crippen LogP) is 0.0765. The van der Waals surface area contributed by atoms with Gasteiger partial charge in [-0.15, -0.1) is 0 Å². The molecule has 1 aliphatic heterocycles. The van der Waals surface area contributed by atoms with Gasteiger partial charge in [0.1, 0.15) is 0 Å². The van der Waals surface area contributed by atoms with Crippen molar-refractivity contribution in [1.82, 2.24) is 9.62 Å². The van der Waals surface area contributed by atoms with Crippen LogP contribution in [0.2, 0.25) is 0 Å². The van der Waals surface area contributed by atoms with Crippen molar-refractivity contribution in [1.29, 1.82) is 0 Å². The molecule has 6 nitrogen and oxygen atoms in total. The Balaban J connectivity index is 2.48. The third-order valence-corrected chi connectivity index (χ3v) is 4.02. The molecule has 1 aliphatic rings. The molecule has 0 saturated carbocycles. The lowest BCUT2D eigenvalue weighted by atomic mass is 10.1. The molecule has 0 aliphatic carbocycles. The maximum atomic E-state index is 11.3. The average Bonchev–Trinajstić information content (AvgIpc) is 2.28. The van der Waals surface area contributed by atoms with Gasteiger partial charge >= 0.3 is 0 Å². The number of guanidine groups is 1. The summed E-state index contributed by atoms with van der Waals surface area (Å²) in [6.45, 7) is 2.95. The van der Waals surface area contributed by atoms with Crippen molar-refractivity contribution in [3.63, 3.8) is 0 Å². The molecule has 0 spiro atoms. The second-order valence-corrected chi connectivity index (χ2v) is 6.00. The lowest BCUT2D eigenvalue weighted by Crippen LogP contribution is -2.45. The molecule has 0 unspecified atom stereocenters. The van der Waals surface area contributed by atoms with E-state index < -0.39 is 10.0 Å². The third-order valence-electron chi connectivity index (χ3n) is 2.72. The van der Waals surface area contributed by atoms with Crippen molar-refractivity contribution in [2.24, 2.45) is 9.98 Å². The Kier molecular flexibility index (Phi) is 5.07. The van der Waals surface area contributed by atoms with Crippen molar-refractivity contribution in [3.05, 3.63) is 0 Å². The molecule has 1 rings (SSSR count). The van der Waals surface area contributed by atoms with Crippen LogP contribution in [0.5, 0.6) is 0 Å². The van der Waals surface area contributed by atoms with Gasteiger partial charge in [0.15, 0.2) is 0 Å². The van der Waals surface area contributed by atoms with E-state index in [1.807, 2.05) is 6.92 Å². The largest absolute Gasteiger partial charge is 0.352 e. The molecular weight excluding hydrogens is 240 g/mol. The number of sulfonamides is 1. The quantitative estimate of drug-likeness (QED) is 0.564. The van der Waals surface area contributed by atoms with Gasteiger partial charge in [0.2, 0.25) is 16.0 Å². The highest BCUT2D eigenvalue weighted by Gasteiger charge is 2.25. The zero-order valence-electron chi connectivity index (χ0n) is 10.5. The fourth-order valence-electron chi connectivity index (χ4n) is 1.80. The molecule has 1 fully saturated rings. The van der Waals surface area contributed by atoms with Crippen LogP contribution in [-0.2, 0) is 10.0 Å². The summed E-state index contributed by atoms with van der Waals surface area (Å²) < 4.78 is 24.2. The summed E-state index contributed by atoms with van der Waals surface area (Å²) in [5.74, 6) is 0.602. The van der Waals surface area contributed by atoms with Gasteiger partial charge in [-0.25, -0.2) is 17.7 Å². The fraction of sp³-hybridized carbons (Fsp3) is 0.800. The summed E-state index contributed by atoms with van der Waals surface area (Å²) in [7, 11) is -1.37. The zero-order chi connectivity index (χ0) is 12.9. The van der Waals surface area contributed by atoms with Crippen LogP contribution in [0.15, 0.2) is 9.98 Å². The summed E-state index contributed by atoms with van der Waals surface area (Å²) in [5, 5.41) is 3.21. The molecule has 1 N–H and O–H groups in total. The molecule has 0 aromatic heterocycles. The Labute approximate surface area is 103 Å². The van der Waals surface area contributed by atoms with E-state index in [1.165, 1.54) is 10.6 Å². The fourth-order valence-corrected chi connectivity index (χ4v) is 2.67. The summed E-state index contributed by atoms with van der Waals surface area (Å²) in [6.07, 6.45) is 4.50. The highest BCUT2D eigenvalue weighted by atomic mass is 32.2. The van der Waals surface area contributed by atoms with Crippen LogP contribution in [0.4, 0.5) is 0 Å². The van der Waals surface area contributed by atoms with Gasteiger partial charge in [-0.05, 0) is 19.8 Å². The van der Waals surface area contributed by atoms with Gasteiger partial charge in [0, 0.05) is 32.4 Å². The number of nitrogens with zero attached hydrogens (tertiary/aromatic N) is 3. The van der Waals surface area contributed by atoms with Crippen molar-refractivity contribution in [2.45, 2.75) is 25.8 Å². The standard InChI is InChI=1S/C10H20N4O2S/c1-4-12-10(11-2)13-9-5-7-14(8-6-9)17(3,15)16/h4,9H,5-8H2,1-3H3,(H,11,13)/b12-4-. The summed E-state index contributed by atoms with van der Waals surface area (Å²) in [5.41, 5.74) is 0. The molecule has 1 saturated heterocycles. The van der Waals surface area contributed by atoms with Crippen LogP contribution in [0, 0.1) is 0 Å². The van der Waals surface area contributed by atoms with Gasteiger partial charge in [-0.1, -0.05) is 0 Å². The number of piperidine rings is 1. The monoisotopic (exact) mass is 260 g/mol. The number of rotatable bonds is 2. The molecule has 0 atom stereocenters. The Morgan fingerprint density at radius 3 is 2.41 bits per heavy atom. The van der Waals surface area contributed by atoms with E-state index in [-0.39, 0.29) is 6.04 Å². The van der Waals surface area contributed by atoms with Crippen LogP contribution < -0.4 is 5.32 Å². The molecule has 17 heavy (non-hydrogen) atoms. The summed E-state index contributed by atoms with van der Waals surface area (Å²) in [6, 6.07) is 0.246. The molecular formula is C10H20N4O2S. The first-order chi connectivity index (χ1) is 7.97. The van der Waals surface area contributed by atoms with E-state index >= 15 is 0 Å². The molecule has 98 valence electrons. The average molecular weight is 260 g/mol. The van der Waals surface area contributed by atoms with Crippen LogP contribution in [0.25, 0.3) is 0 Å². The van der Waals surface area contributed by atoms with Crippen molar-refractivity contribution >= 4 is 22.2 Å². The van der Waals surface area contributed by atoms with Gasteiger partial charge in [-0.2, -0.15) is 0 Å². The van der Waals surface area contributed by atoms with E-state index in [0.717, 1.165) is 12.8 Å². The second kappa shape index (κ2) is 6.11. The number of aliphatic imine (C=N–C) groups is 2. The SMILES string of the molecule is C/C=N\C(=N/C)NC1CCN(S(C)(=O)=O)CC1. The molecule has 0 aromatic carbocycles. The van der Waals surface area contributed by atoms with Crippen LogP contribution in [0.1, 0.15) is 19.8 Å². The highest BCUT2D eigenvalue weighted by molar-refractivity contribution is 7.88. The van der Waals surface area contributed by atoms with Crippen LogP contribution in [-0.4, -0.2) is 57.3 Å². The topological polar surface area (TPSA) is 74.1 Å². The zero-order valence-corrected chi connectivity index (χ0v) is 11.4. The van der Waals surface area contributed by atoms with Crippen molar-refractivity contribution < 1.29 is 8.42 Å². The summed E-state index contributed by atoms with van der Waals surface area (Å²) in [4.78, 5) is 8.10. The smallest absolute Gasteiger partial charge is 0.217 e. The maximum Gasteiger partial charge on any atom is 0.217 e. The van der Waals surface area contributed by atoms with E-state index in [0.29, 0.717) is 19.0 Å². The maximum absolute atomic E-state index is 11.3. The van der Waals surface area contributed by atoms with Gasteiger partial charge in [0.05, 0.1) is 6.26 Å². The van der Waals surface area contributed by atoms with Crippen LogP contribution >= 0.6 is 0 Å². The minimum atomic E-state index is -3.05. The van der Waals surface area contributed by atoms with E-state index in [2.05, 4.69) is 15.3 Å². The molecule has 7 heteroatoms. The molecule has 0 bridgehead atoms. The first-order valence-corrected chi connectivity index (χ1v) is 7.49. The van der Waals surface area contributed by atoms with Crippen LogP contribution in [0.3, 0.4) is 0 Å². The lowest BCUT2D eigenvalue weighted by Gasteiger charge is -2.30. The van der Waals surface area contributed by atoms with Gasteiger partial charge < -0.3 is 5.32 Å². The predicted molar refractivity (Wildman–Crippen MR) is 70.1 cm³/mol. The third kappa shape index (κ3) is 4.43. The number of hydrogen-bond acceptors (Lipinski definition) is 3. The Morgan fingerprint density at radius 2 is 2.00 bits per heavy atom. The van der Waals surface area contributed by atoms with E-state index in [4.69, 9.17) is 0 Å². The minimum absolute atomic E-state index is 0.246. The summed E-state index contributed by atoms with van der Waals surface area (Å²) >= 11 is 0. The Morgan fingerprint density at radius 1 is 1.41 bits per heavy atom. The van der Waals surface area contributed by atoms with Crippen molar-refractivity contribution in [3.8, 4) is 0 Å². The molecule has 0 radical (unpaired) electrons. The molecule has 1 heterocycles. The Hall–Kier alpha value is -0.950. The number of nitrogens with one attached hydrogen (secondary N) is 1. The first-order valence-electron chi connectivity index (χ1n) is 5.64. The van der Waals surface area contributed by atoms with E-state index in [1.54, 1.807) is 13.3 Å². The normalized spacial score (nSPS) is 21.0. The minimum Gasteiger partial charge on any atom is -0.352 e. The van der Waals surface area contributed by atoms with Crippen molar-refractivity contribution in [2.75, 3.05) is 26.4 Å². The molecule has 0 amide bonds. The second-order valence-electron chi connectivity index (χ2n) is 4.02. The van der Waals surface area contributed by atoms with Gasteiger partial charge in [-0.3, -0.25) is 4.99 Å². The Bertz CT molecular complexity index is 395. The van der Waals surface area contributed by atoms with E-state index in [9.17, 15) is 8.42 Å². The highest BCUT2D eigenvalue weighted by Crippen LogP contribution is 2.13. The lowest BCUT2D eigenvalue weighted by molar-refractivity contribution is 0.308.